The number of nitrogens with zero attached hydrogens (tertiary/aromatic N) is 14. The molecule has 0 amide bonds. The molecule has 0 aliphatic rings. The Morgan fingerprint density at radius 1 is 0.150 bits per heavy atom. The maximum Gasteiger partial charge on any atom is 0.164 e. The molecule has 0 unspecified atom stereocenters. The largest absolute Gasteiger partial charge is 0.309 e. The van der Waals surface area contributed by atoms with Crippen molar-refractivity contribution in [1.29, 1.82) is 5.26 Å². The lowest BCUT2D eigenvalue weighted by Gasteiger charge is -2.12. The standard InChI is InChI=1S/C46H28N6.2C40H26N4/c47-29-30-23-24-41-37(25-30)39-27-38-36-21-10-11-22-40(36)51(34-18-8-3-9-19-34)42(38)28-43(39)52(41)35-20-12-17-33(26-35)46-49-44(31-13-4-1-5-14-31)48-45(50-46)32-15-6-2-7-16-32;1-3-12-27(13-4-1)40-41-25-29(26-42-40)28-14-11-17-31(22-28)44-37-21-10-8-19-33(37)35-23-34-32-18-7-9-20-36(32)43(38(34)24-39(35)44)30-15-5-2-6-16-30;1-3-11-28(12-4-1)40-41-25-29(26-42-40)27-19-21-31(22-20-27)44-37-18-10-8-16-33(37)35-23-34-32-15-7-9-17-36(32)43(38(34)24-39(35)44)30-13-5-2-6-14-30/h1-28H;2*1-26H. The van der Waals surface area contributed by atoms with E-state index in [0.717, 1.165) is 134 Å². The van der Waals surface area contributed by atoms with Crippen LogP contribution >= 0.6 is 0 Å². The molecule has 14 heteroatoms. The van der Waals surface area contributed by atoms with Crippen LogP contribution in [0, 0.1) is 11.3 Å². The minimum atomic E-state index is 0.591. The van der Waals surface area contributed by atoms with Gasteiger partial charge < -0.3 is 27.4 Å². The molecule has 0 aliphatic carbocycles. The molecule has 0 N–H and O–H groups in total. The van der Waals surface area contributed by atoms with Gasteiger partial charge in [-0.05, 0) is 169 Å². The van der Waals surface area contributed by atoms with E-state index in [4.69, 9.17) is 24.9 Å². The Bertz CT molecular complexity index is 9650. The van der Waals surface area contributed by atoms with E-state index in [-0.39, 0.29) is 0 Å². The summed E-state index contributed by atoms with van der Waals surface area (Å²) in [6, 6.07) is 164. The van der Waals surface area contributed by atoms with Gasteiger partial charge in [0.25, 0.3) is 0 Å². The van der Waals surface area contributed by atoms with Crippen molar-refractivity contribution in [2.45, 2.75) is 0 Å². The van der Waals surface area contributed by atoms with Gasteiger partial charge in [0, 0.05) is 162 Å². The number of rotatable bonds is 13. The van der Waals surface area contributed by atoms with E-state index in [1.165, 1.54) is 92.6 Å². The molecule has 654 valence electrons. The molecule has 0 saturated heterocycles. The SMILES string of the molecule is N#Cc1ccc2c(c1)c1cc3c4ccccc4n(-c4ccccc4)c3cc1n2-c1cccc(-c2nc(-c3ccccc3)nc(-c3ccccc3)n2)c1.c1ccc(-c2ncc(-c3ccc(-n4c5ccccc5c5cc6c7ccccc7n(-c7ccccc7)c6cc54)cc3)cn2)cc1.c1ccc(-c2ncc(-c3cccc(-n4c5ccccc5c5cc6c7ccccc7n(-c7ccccc7)c6cc54)c3)cn2)cc1. The van der Waals surface area contributed by atoms with Gasteiger partial charge in [-0.1, -0.05) is 303 Å². The topological polar surface area (TPSA) is 144 Å². The fourth-order valence-electron chi connectivity index (χ4n) is 20.6. The van der Waals surface area contributed by atoms with Crippen LogP contribution in [0.2, 0.25) is 0 Å². The second-order valence-electron chi connectivity index (χ2n) is 35.1. The van der Waals surface area contributed by atoms with Gasteiger partial charge >= 0.3 is 0 Å². The molecule has 28 rings (SSSR count). The summed E-state index contributed by atoms with van der Waals surface area (Å²) in [6.45, 7) is 0. The summed E-state index contributed by atoms with van der Waals surface area (Å²) in [6.07, 6.45) is 7.65. The van der Waals surface area contributed by atoms with E-state index in [1.54, 1.807) is 0 Å². The van der Waals surface area contributed by atoms with E-state index in [9.17, 15) is 5.26 Å². The summed E-state index contributed by atoms with van der Waals surface area (Å²) in [5.74, 6) is 3.29. The van der Waals surface area contributed by atoms with Gasteiger partial charge in [-0.2, -0.15) is 5.26 Å². The first-order chi connectivity index (χ1) is 69.4. The van der Waals surface area contributed by atoms with Crippen molar-refractivity contribution in [3.05, 3.63) is 491 Å². The summed E-state index contributed by atoms with van der Waals surface area (Å²) in [5, 5.41) is 24.4. The average molecular weight is 1790 g/mol. The number of benzene rings is 19. The van der Waals surface area contributed by atoms with E-state index >= 15 is 0 Å². The van der Waals surface area contributed by atoms with Gasteiger partial charge in [-0.25, -0.2) is 34.9 Å². The number of fused-ring (bicyclic) bond motifs is 18. The summed E-state index contributed by atoms with van der Waals surface area (Å²) < 4.78 is 14.2. The van der Waals surface area contributed by atoms with Crippen LogP contribution in [0.3, 0.4) is 0 Å². The van der Waals surface area contributed by atoms with Crippen molar-refractivity contribution in [2.75, 3.05) is 0 Å². The maximum absolute atomic E-state index is 9.93. The van der Waals surface area contributed by atoms with Crippen molar-refractivity contribution < 1.29 is 0 Å². The predicted octanol–water partition coefficient (Wildman–Crippen LogP) is 30.9. The van der Waals surface area contributed by atoms with Crippen LogP contribution in [0.4, 0.5) is 0 Å². The van der Waals surface area contributed by atoms with E-state index in [1.807, 2.05) is 164 Å². The van der Waals surface area contributed by atoms with Gasteiger partial charge in [-0.15, -0.1) is 0 Å². The van der Waals surface area contributed by atoms with Gasteiger partial charge in [0.05, 0.1) is 77.8 Å². The number of aromatic nitrogens is 13. The monoisotopic (exact) mass is 1790 g/mol. The molecule has 140 heavy (non-hydrogen) atoms. The van der Waals surface area contributed by atoms with Crippen molar-refractivity contribution in [3.8, 4) is 119 Å². The molecular weight excluding hydrogens is 1710 g/mol. The molecule has 0 atom stereocenters. The molecule has 0 fully saturated rings. The van der Waals surface area contributed by atoms with Crippen LogP contribution in [0.5, 0.6) is 0 Å². The Morgan fingerprint density at radius 3 is 0.736 bits per heavy atom. The quantitative estimate of drug-likeness (QED) is 0.111. The number of para-hydroxylation sites is 8. The lowest BCUT2D eigenvalue weighted by atomic mass is 10.1. The summed E-state index contributed by atoms with van der Waals surface area (Å²) in [4.78, 5) is 33.6. The van der Waals surface area contributed by atoms with Gasteiger partial charge in [0.15, 0.2) is 29.1 Å². The lowest BCUT2D eigenvalue weighted by Crippen LogP contribution is -2.01. The Morgan fingerprint density at radius 2 is 0.393 bits per heavy atom. The molecule has 14 nitrogen and oxygen atoms in total. The molecular formula is C126H80N14. The van der Waals surface area contributed by atoms with Crippen LogP contribution in [0.1, 0.15) is 5.56 Å². The highest BCUT2D eigenvalue weighted by atomic mass is 15.1. The van der Waals surface area contributed by atoms with Crippen LogP contribution in [0.25, 0.3) is 244 Å². The molecule has 0 aliphatic heterocycles. The van der Waals surface area contributed by atoms with Crippen molar-refractivity contribution in [1.82, 2.24) is 62.3 Å². The molecule has 19 aromatic carbocycles. The number of hydrogen-bond donors (Lipinski definition) is 0. The van der Waals surface area contributed by atoms with E-state index < -0.39 is 0 Å². The van der Waals surface area contributed by atoms with Gasteiger partial charge in [-0.3, -0.25) is 0 Å². The van der Waals surface area contributed by atoms with Crippen molar-refractivity contribution >= 4 is 131 Å². The van der Waals surface area contributed by atoms with Crippen LogP contribution in [-0.2, 0) is 0 Å². The molecule has 28 aromatic rings. The maximum atomic E-state index is 9.93. The third-order valence-corrected chi connectivity index (χ3v) is 27.0. The second kappa shape index (κ2) is 34.3. The first-order valence-corrected chi connectivity index (χ1v) is 46.8. The molecule has 0 bridgehead atoms. The second-order valence-corrected chi connectivity index (χ2v) is 35.1. The third kappa shape index (κ3) is 14.1. The lowest BCUT2D eigenvalue weighted by molar-refractivity contribution is 1.07. The third-order valence-electron chi connectivity index (χ3n) is 27.0. The molecule has 0 spiro atoms. The van der Waals surface area contributed by atoms with Crippen LogP contribution < -0.4 is 0 Å². The van der Waals surface area contributed by atoms with E-state index in [2.05, 4.69) is 365 Å². The highest BCUT2D eigenvalue weighted by molar-refractivity contribution is 6.23. The fourth-order valence-corrected chi connectivity index (χ4v) is 20.6. The molecule has 9 heterocycles. The van der Waals surface area contributed by atoms with Gasteiger partial charge in [0.2, 0.25) is 0 Å². The van der Waals surface area contributed by atoms with Crippen LogP contribution in [0.15, 0.2) is 486 Å². The number of hydrogen-bond acceptors (Lipinski definition) is 8. The van der Waals surface area contributed by atoms with Crippen molar-refractivity contribution in [3.63, 3.8) is 0 Å². The molecule has 0 saturated carbocycles. The van der Waals surface area contributed by atoms with E-state index in [0.29, 0.717) is 23.0 Å². The zero-order chi connectivity index (χ0) is 92.7. The first-order valence-electron chi connectivity index (χ1n) is 46.8. The summed E-state index contributed by atoms with van der Waals surface area (Å²) >= 11 is 0. The highest BCUT2D eigenvalue weighted by Gasteiger charge is 2.25. The highest BCUT2D eigenvalue weighted by Crippen LogP contribution is 2.46. The summed E-state index contributed by atoms with van der Waals surface area (Å²) in [7, 11) is 0. The van der Waals surface area contributed by atoms with Crippen LogP contribution in [-0.4, -0.2) is 62.3 Å². The van der Waals surface area contributed by atoms with Crippen molar-refractivity contribution in [2.24, 2.45) is 0 Å². The minimum Gasteiger partial charge on any atom is -0.309 e. The predicted molar refractivity (Wildman–Crippen MR) is 573 cm³/mol. The normalized spacial score (nSPS) is 11.6. The fraction of sp³-hybridized carbons (Fsp3) is 0. The zero-order valence-electron chi connectivity index (χ0n) is 75.4. The zero-order valence-corrected chi connectivity index (χ0v) is 75.4. The van der Waals surface area contributed by atoms with Gasteiger partial charge in [0.1, 0.15) is 0 Å². The Kier molecular flexibility index (Phi) is 19.9. The first kappa shape index (κ1) is 81.4. The Balaban J connectivity index is 0.000000109. The smallest absolute Gasteiger partial charge is 0.164 e. The number of nitriles is 1. The molecule has 0 radical (unpaired) electrons. The Labute approximate surface area is 803 Å². The average Bonchev–Trinajstić information content (AvgIpc) is 1.56. The summed E-state index contributed by atoms with van der Waals surface area (Å²) in [5.41, 5.74) is 29.9. The molecule has 9 aromatic heterocycles. The Hall–Kier alpha value is -19.4. The minimum absolute atomic E-state index is 0.591.